The molecule has 2 amide bonds. The first-order valence-electron chi connectivity index (χ1n) is 9.75. The number of hydrogen-bond donors (Lipinski definition) is 2. The zero-order valence-electron chi connectivity index (χ0n) is 17.4. The lowest BCUT2D eigenvalue weighted by atomic mass is 10.1. The van der Waals surface area contributed by atoms with Gasteiger partial charge in [-0.25, -0.2) is 4.79 Å². The first kappa shape index (κ1) is 23.5. The van der Waals surface area contributed by atoms with E-state index in [9.17, 15) is 24.5 Å². The van der Waals surface area contributed by atoms with E-state index < -0.39 is 22.8 Å². The second kappa shape index (κ2) is 11.4. The average molecular weight is 427 g/mol. The molecular weight excluding hydrogens is 402 g/mol. The molecule has 0 heterocycles. The minimum Gasteiger partial charge on any atom is -0.467 e. The molecule has 0 fully saturated rings. The maximum Gasteiger partial charge on any atom is 0.328 e. The Morgan fingerprint density at radius 1 is 0.968 bits per heavy atom. The topological polar surface area (TPSA) is 128 Å². The molecule has 0 radical (unpaired) electrons. The highest BCUT2D eigenvalue weighted by Gasteiger charge is 2.23. The van der Waals surface area contributed by atoms with Gasteiger partial charge in [0, 0.05) is 31.4 Å². The number of carbonyl (C=O) groups is 3. The molecule has 0 aliphatic carbocycles. The molecular formula is C22H25N3O6. The van der Waals surface area contributed by atoms with Crippen molar-refractivity contribution in [1.82, 2.24) is 10.6 Å². The smallest absolute Gasteiger partial charge is 0.328 e. The predicted octanol–water partition coefficient (Wildman–Crippen LogP) is 2.45. The maximum atomic E-state index is 12.3. The SMILES string of the molecule is COC(=O)[C@@H](Cc1ccc([N+](=O)[O-])cc1)NC(=O)CCC(=O)N[C@H](C)c1ccccc1. The Hall–Kier alpha value is -3.75. The van der Waals surface area contributed by atoms with Gasteiger partial charge in [0.25, 0.3) is 5.69 Å². The first-order chi connectivity index (χ1) is 14.8. The molecule has 9 heteroatoms. The summed E-state index contributed by atoms with van der Waals surface area (Å²) in [6.45, 7) is 1.85. The van der Waals surface area contributed by atoms with Gasteiger partial charge in [0.1, 0.15) is 6.04 Å². The average Bonchev–Trinajstić information content (AvgIpc) is 2.77. The number of amides is 2. The summed E-state index contributed by atoms with van der Waals surface area (Å²) in [6, 6.07) is 14.0. The van der Waals surface area contributed by atoms with Crippen LogP contribution in [0.4, 0.5) is 5.69 Å². The van der Waals surface area contributed by atoms with E-state index in [0.29, 0.717) is 5.56 Å². The molecule has 2 atom stereocenters. The van der Waals surface area contributed by atoms with Crippen molar-refractivity contribution >= 4 is 23.5 Å². The fourth-order valence-corrected chi connectivity index (χ4v) is 2.96. The third kappa shape index (κ3) is 7.54. The fourth-order valence-electron chi connectivity index (χ4n) is 2.96. The molecule has 2 N–H and O–H groups in total. The number of rotatable bonds is 10. The Kier molecular flexibility index (Phi) is 8.68. The number of ether oxygens (including phenoxy) is 1. The van der Waals surface area contributed by atoms with Crippen LogP contribution in [-0.4, -0.2) is 35.9 Å². The monoisotopic (exact) mass is 427 g/mol. The van der Waals surface area contributed by atoms with Crippen molar-refractivity contribution in [3.05, 3.63) is 75.8 Å². The van der Waals surface area contributed by atoms with Crippen LogP contribution in [0.15, 0.2) is 54.6 Å². The zero-order valence-corrected chi connectivity index (χ0v) is 17.4. The van der Waals surface area contributed by atoms with E-state index in [4.69, 9.17) is 4.74 Å². The number of non-ortho nitro benzene ring substituents is 1. The summed E-state index contributed by atoms with van der Waals surface area (Å²) in [5.74, 6) is -1.40. The molecule has 0 bridgehead atoms. The van der Waals surface area contributed by atoms with Gasteiger partial charge in [-0.15, -0.1) is 0 Å². The molecule has 2 rings (SSSR count). The van der Waals surface area contributed by atoms with Crippen molar-refractivity contribution in [1.29, 1.82) is 0 Å². The standard InChI is InChI=1S/C22H25N3O6/c1-15(17-6-4-3-5-7-17)23-20(26)12-13-21(27)24-19(22(28)31-2)14-16-8-10-18(11-9-16)25(29)30/h3-11,15,19H,12-14H2,1-2H3,(H,23,26)(H,24,27)/t15-,19-/m1/s1. The van der Waals surface area contributed by atoms with E-state index in [1.165, 1.54) is 31.4 Å². The van der Waals surface area contributed by atoms with Gasteiger partial charge >= 0.3 is 5.97 Å². The van der Waals surface area contributed by atoms with Crippen LogP contribution in [0.5, 0.6) is 0 Å². The van der Waals surface area contributed by atoms with Crippen molar-refractivity contribution < 1.29 is 24.0 Å². The third-order valence-electron chi connectivity index (χ3n) is 4.66. The van der Waals surface area contributed by atoms with Crippen LogP contribution in [0, 0.1) is 10.1 Å². The van der Waals surface area contributed by atoms with Crippen molar-refractivity contribution in [3.63, 3.8) is 0 Å². The minimum atomic E-state index is -0.967. The highest BCUT2D eigenvalue weighted by molar-refractivity contribution is 5.87. The van der Waals surface area contributed by atoms with E-state index in [1.54, 1.807) is 0 Å². The van der Waals surface area contributed by atoms with Crippen LogP contribution < -0.4 is 10.6 Å². The lowest BCUT2D eigenvalue weighted by Gasteiger charge is -2.17. The number of carbonyl (C=O) groups excluding carboxylic acids is 3. The molecule has 9 nitrogen and oxygen atoms in total. The summed E-state index contributed by atoms with van der Waals surface area (Å²) in [5, 5.41) is 16.1. The number of esters is 1. The molecule has 0 aromatic heterocycles. The van der Waals surface area contributed by atoms with Crippen molar-refractivity contribution in [2.45, 2.75) is 38.3 Å². The lowest BCUT2D eigenvalue weighted by Crippen LogP contribution is -2.43. The van der Waals surface area contributed by atoms with E-state index in [1.807, 2.05) is 37.3 Å². The van der Waals surface area contributed by atoms with Gasteiger partial charge in [0.15, 0.2) is 0 Å². The van der Waals surface area contributed by atoms with Crippen LogP contribution in [0.1, 0.15) is 36.9 Å². The molecule has 0 spiro atoms. The molecule has 2 aromatic carbocycles. The number of hydrogen-bond acceptors (Lipinski definition) is 6. The largest absolute Gasteiger partial charge is 0.467 e. The number of nitro benzene ring substituents is 1. The molecule has 0 unspecified atom stereocenters. The van der Waals surface area contributed by atoms with Gasteiger partial charge in [0.2, 0.25) is 11.8 Å². The molecule has 2 aromatic rings. The number of benzene rings is 2. The van der Waals surface area contributed by atoms with Crippen LogP contribution >= 0.6 is 0 Å². The summed E-state index contributed by atoms with van der Waals surface area (Å²) in [4.78, 5) is 46.7. The number of nitrogens with zero attached hydrogens (tertiary/aromatic N) is 1. The Labute approximate surface area is 179 Å². The van der Waals surface area contributed by atoms with Gasteiger partial charge < -0.3 is 15.4 Å². The minimum absolute atomic E-state index is 0.0333. The van der Waals surface area contributed by atoms with E-state index >= 15 is 0 Å². The van der Waals surface area contributed by atoms with Gasteiger partial charge in [-0.05, 0) is 18.1 Å². The highest BCUT2D eigenvalue weighted by Crippen LogP contribution is 2.14. The summed E-state index contributed by atoms with van der Waals surface area (Å²) in [7, 11) is 1.20. The van der Waals surface area contributed by atoms with Gasteiger partial charge in [-0.2, -0.15) is 0 Å². The predicted molar refractivity (Wildman–Crippen MR) is 113 cm³/mol. The molecule has 0 saturated carbocycles. The van der Waals surface area contributed by atoms with Crippen LogP contribution in [0.3, 0.4) is 0 Å². The summed E-state index contributed by atoms with van der Waals surface area (Å²) >= 11 is 0. The van der Waals surface area contributed by atoms with Crippen LogP contribution in [0.2, 0.25) is 0 Å². The third-order valence-corrected chi connectivity index (χ3v) is 4.66. The second-order valence-electron chi connectivity index (χ2n) is 6.97. The maximum absolute atomic E-state index is 12.3. The zero-order chi connectivity index (χ0) is 22.8. The molecule has 0 aliphatic rings. The molecule has 0 saturated heterocycles. The van der Waals surface area contributed by atoms with Crippen LogP contribution in [0.25, 0.3) is 0 Å². The van der Waals surface area contributed by atoms with Crippen molar-refractivity contribution in [2.75, 3.05) is 7.11 Å². The summed E-state index contributed by atoms with van der Waals surface area (Å²) in [5.41, 5.74) is 1.50. The van der Waals surface area contributed by atoms with Gasteiger partial charge in [-0.1, -0.05) is 42.5 Å². The normalized spacial score (nSPS) is 12.3. The second-order valence-corrected chi connectivity index (χ2v) is 6.97. The fraction of sp³-hybridized carbons (Fsp3) is 0.318. The molecule has 164 valence electrons. The van der Waals surface area contributed by atoms with Gasteiger partial charge in [-0.3, -0.25) is 19.7 Å². The number of nitrogens with one attached hydrogen (secondary N) is 2. The van der Waals surface area contributed by atoms with Crippen molar-refractivity contribution in [2.24, 2.45) is 0 Å². The Balaban J connectivity index is 1.88. The van der Waals surface area contributed by atoms with Crippen LogP contribution in [-0.2, 0) is 25.5 Å². The van der Waals surface area contributed by atoms with Gasteiger partial charge in [0.05, 0.1) is 18.1 Å². The highest BCUT2D eigenvalue weighted by atomic mass is 16.6. The Morgan fingerprint density at radius 2 is 1.55 bits per heavy atom. The van der Waals surface area contributed by atoms with Crippen molar-refractivity contribution in [3.8, 4) is 0 Å². The Bertz CT molecular complexity index is 915. The molecule has 0 aliphatic heterocycles. The lowest BCUT2D eigenvalue weighted by molar-refractivity contribution is -0.384. The first-order valence-corrected chi connectivity index (χ1v) is 9.75. The quantitative estimate of drug-likeness (QED) is 0.341. The van der Waals surface area contributed by atoms with E-state index in [0.717, 1.165) is 5.56 Å². The van der Waals surface area contributed by atoms with E-state index in [-0.39, 0.29) is 36.9 Å². The Morgan fingerprint density at radius 3 is 2.10 bits per heavy atom. The summed E-state index contributed by atoms with van der Waals surface area (Å²) in [6.07, 6.45) is -0.0246. The number of methoxy groups -OCH3 is 1. The molecule has 31 heavy (non-hydrogen) atoms. The van der Waals surface area contributed by atoms with E-state index in [2.05, 4.69) is 10.6 Å². The summed E-state index contributed by atoms with van der Waals surface area (Å²) < 4.78 is 4.73. The number of nitro groups is 1.